The van der Waals surface area contributed by atoms with E-state index in [0.717, 1.165) is 102 Å². The second kappa shape index (κ2) is 14.2. The Labute approximate surface area is 333 Å². The minimum absolute atomic E-state index is 0.201. The van der Waals surface area contributed by atoms with Crippen LogP contribution < -0.4 is 20.4 Å². The first-order valence-electron chi connectivity index (χ1n) is 19.8. The highest BCUT2D eigenvalue weighted by Crippen LogP contribution is 2.43. The van der Waals surface area contributed by atoms with E-state index in [2.05, 4.69) is 47.7 Å². The van der Waals surface area contributed by atoms with Gasteiger partial charge in [-0.15, -0.1) is 10.2 Å². The lowest BCUT2D eigenvalue weighted by molar-refractivity contribution is -0.134. The van der Waals surface area contributed by atoms with E-state index >= 15 is 0 Å². The summed E-state index contributed by atoms with van der Waals surface area (Å²) in [6.45, 7) is 4.88. The third kappa shape index (κ3) is 6.72. The van der Waals surface area contributed by atoms with Crippen LogP contribution >= 0.6 is 11.3 Å². The summed E-state index contributed by atoms with van der Waals surface area (Å²) in [6, 6.07) is 17.2. The van der Waals surface area contributed by atoms with Crippen molar-refractivity contribution in [1.82, 2.24) is 40.0 Å². The third-order valence-corrected chi connectivity index (χ3v) is 13.5. The first-order valence-corrected chi connectivity index (χ1v) is 20.6. The lowest BCUT2D eigenvalue weighted by atomic mass is 9.91. The molecule has 5 aromatic rings. The third-order valence-electron chi connectivity index (χ3n) is 12.5. The van der Waals surface area contributed by atoms with Crippen molar-refractivity contribution < 1.29 is 9.59 Å². The van der Waals surface area contributed by atoms with Crippen molar-refractivity contribution in [2.45, 2.75) is 74.9 Å². The van der Waals surface area contributed by atoms with Gasteiger partial charge in [0, 0.05) is 69.3 Å². The largest absolute Gasteiger partial charge is 0.367 e. The van der Waals surface area contributed by atoms with Gasteiger partial charge in [0.25, 0.3) is 0 Å². The van der Waals surface area contributed by atoms with E-state index in [4.69, 9.17) is 15.1 Å². The highest BCUT2D eigenvalue weighted by molar-refractivity contribution is 7.18. The van der Waals surface area contributed by atoms with Crippen molar-refractivity contribution in [2.75, 3.05) is 47.8 Å². The van der Waals surface area contributed by atoms with Gasteiger partial charge in [-0.25, -0.2) is 9.50 Å². The Balaban J connectivity index is 0.791. The van der Waals surface area contributed by atoms with E-state index < -0.39 is 5.54 Å². The van der Waals surface area contributed by atoms with E-state index in [1.54, 1.807) is 34.3 Å². The number of nitrogens with zero attached hydrogens (tertiary/aromatic N) is 11. The molecule has 4 saturated heterocycles. The first kappa shape index (κ1) is 35.4. The summed E-state index contributed by atoms with van der Waals surface area (Å²) in [6.07, 6.45) is 12.2. The van der Waals surface area contributed by atoms with E-state index in [-0.39, 0.29) is 17.7 Å². The van der Waals surface area contributed by atoms with E-state index in [0.29, 0.717) is 42.1 Å². The van der Waals surface area contributed by atoms with Crippen LogP contribution in [0.4, 0.5) is 16.6 Å². The molecule has 3 atom stereocenters. The molecule has 0 aromatic carbocycles. The molecule has 15 nitrogen and oxygen atoms in total. The number of carbonyl (C=O) groups is 2. The molecule has 10 rings (SSSR count). The number of nitriles is 2. The Bertz CT molecular complexity index is 2440. The molecule has 5 aliphatic rings. The Hall–Kier alpha value is -5.97. The molecular formula is C41H41N13O2S. The second-order valence-corrected chi connectivity index (χ2v) is 17.1. The molecule has 1 aliphatic carbocycles. The van der Waals surface area contributed by atoms with Gasteiger partial charge in [0.1, 0.15) is 17.4 Å². The van der Waals surface area contributed by atoms with Crippen LogP contribution in [0.25, 0.3) is 27.5 Å². The van der Waals surface area contributed by atoms with Crippen LogP contribution in [0.5, 0.6) is 0 Å². The van der Waals surface area contributed by atoms with Gasteiger partial charge in [0.05, 0.1) is 46.2 Å². The van der Waals surface area contributed by atoms with Crippen molar-refractivity contribution >= 4 is 45.3 Å². The van der Waals surface area contributed by atoms with Crippen molar-refractivity contribution in [3.05, 3.63) is 66.1 Å². The lowest BCUT2D eigenvalue weighted by Gasteiger charge is -2.43. The number of hydrogen-bond donors (Lipinski definition) is 2. The second-order valence-electron chi connectivity index (χ2n) is 16.1. The number of carbonyl (C=O) groups excluding carboxylic acids is 2. The topological polar surface area (TPSA) is 184 Å². The summed E-state index contributed by atoms with van der Waals surface area (Å²) >= 11 is 1.58. The molecule has 0 spiro atoms. The number of pyridine rings is 2. The number of aromatic nitrogens is 6. The molecule has 5 fully saturated rings. The Morgan fingerprint density at radius 1 is 0.912 bits per heavy atom. The van der Waals surface area contributed by atoms with Crippen LogP contribution in [0.3, 0.4) is 0 Å². The van der Waals surface area contributed by atoms with Gasteiger partial charge in [-0.05, 0) is 86.8 Å². The standard InChI is InChI=1S/C41H41N13O2S/c42-17-26-15-28-4-6-35(54(28)46-18-26)34-16-33(48-41(24-43)11-12-41)32(20-44-34)39-49-50-40(57-39)52-22-29-2-3-30(23-52)53(29)21-25-9-13-51(14-10-25)36-7-1-27(19-45-36)31-5-8-37(55)47-38(31)56/h1,4,6-7,15-16,18-20,25,29-31H,2-3,5,8-14,21-23H2,(H,44,48)(H,47,55,56)/t29?,30?,31-/m0/s1. The molecule has 0 radical (unpaired) electrons. The van der Waals surface area contributed by atoms with E-state index in [9.17, 15) is 20.1 Å². The SMILES string of the molecule is N#Cc1cnn2c(-c3cc(NC4(C#N)CC4)c(-c4nnc(N5CC6CCC(C5)N6CC5CCN(c6ccc([C@@H]7CCC(=O)NC7=O)cn6)CC5)s4)cn3)ccc2c1. The van der Waals surface area contributed by atoms with Gasteiger partial charge >= 0.3 is 0 Å². The number of piperazine rings is 1. The fourth-order valence-corrected chi connectivity index (χ4v) is 10.00. The summed E-state index contributed by atoms with van der Waals surface area (Å²) < 4.78 is 1.77. The molecule has 2 amide bonds. The monoisotopic (exact) mass is 779 g/mol. The zero-order valence-corrected chi connectivity index (χ0v) is 32.2. The van der Waals surface area contributed by atoms with Crippen molar-refractivity contribution in [1.29, 1.82) is 10.5 Å². The molecule has 9 heterocycles. The normalized spacial score (nSPS) is 23.3. The average Bonchev–Trinajstić information content (AvgIpc) is 3.50. The van der Waals surface area contributed by atoms with Crippen molar-refractivity contribution in [2.24, 2.45) is 5.92 Å². The molecule has 57 heavy (non-hydrogen) atoms. The molecule has 2 N–H and O–H groups in total. The van der Waals surface area contributed by atoms with Crippen molar-refractivity contribution in [3.8, 4) is 34.1 Å². The number of nitrogens with one attached hydrogen (secondary N) is 2. The van der Waals surface area contributed by atoms with Crippen LogP contribution in [-0.4, -0.2) is 96.8 Å². The number of piperidine rings is 2. The summed E-state index contributed by atoms with van der Waals surface area (Å²) in [4.78, 5) is 41.0. The van der Waals surface area contributed by atoms with Gasteiger partial charge in [-0.2, -0.15) is 15.6 Å². The molecule has 2 unspecified atom stereocenters. The highest BCUT2D eigenvalue weighted by Gasteiger charge is 2.44. The minimum Gasteiger partial charge on any atom is -0.367 e. The maximum absolute atomic E-state index is 12.3. The molecular weight excluding hydrogens is 739 g/mol. The van der Waals surface area contributed by atoms with Gasteiger partial charge in [-0.3, -0.25) is 24.8 Å². The fourth-order valence-electron chi connectivity index (χ4n) is 9.11. The smallest absolute Gasteiger partial charge is 0.234 e. The van der Waals surface area contributed by atoms with E-state index in [1.165, 1.54) is 12.8 Å². The van der Waals surface area contributed by atoms with Gasteiger partial charge in [-0.1, -0.05) is 17.4 Å². The maximum atomic E-state index is 12.3. The Morgan fingerprint density at radius 2 is 1.74 bits per heavy atom. The predicted octanol–water partition coefficient (Wildman–Crippen LogP) is 4.74. The van der Waals surface area contributed by atoms with Gasteiger partial charge in [0.15, 0.2) is 5.01 Å². The summed E-state index contributed by atoms with van der Waals surface area (Å²) in [7, 11) is 0. The number of rotatable bonds is 9. The number of fused-ring (bicyclic) bond motifs is 3. The Morgan fingerprint density at radius 3 is 2.46 bits per heavy atom. The zero-order chi connectivity index (χ0) is 38.7. The molecule has 5 aromatic heterocycles. The van der Waals surface area contributed by atoms with Crippen LogP contribution in [-0.2, 0) is 9.59 Å². The highest BCUT2D eigenvalue weighted by atomic mass is 32.1. The fraction of sp³-hybridized carbons (Fsp3) is 0.439. The maximum Gasteiger partial charge on any atom is 0.234 e. The molecule has 288 valence electrons. The minimum atomic E-state index is -0.601. The number of hydrogen-bond acceptors (Lipinski definition) is 14. The van der Waals surface area contributed by atoms with Crippen LogP contribution in [0.2, 0.25) is 0 Å². The molecule has 2 bridgehead atoms. The summed E-state index contributed by atoms with van der Waals surface area (Å²) in [5.41, 5.74) is 4.67. The molecule has 1 saturated carbocycles. The molecule has 4 aliphatic heterocycles. The average molecular weight is 780 g/mol. The number of imide groups is 1. The zero-order valence-electron chi connectivity index (χ0n) is 31.3. The summed E-state index contributed by atoms with van der Waals surface area (Å²) in [5.74, 6) is 0.838. The quantitative estimate of drug-likeness (QED) is 0.196. The van der Waals surface area contributed by atoms with Crippen molar-refractivity contribution in [3.63, 3.8) is 0 Å². The van der Waals surface area contributed by atoms with Crippen LogP contribution in [0.15, 0.2) is 55.0 Å². The lowest BCUT2D eigenvalue weighted by Crippen LogP contribution is -2.55. The Kier molecular flexibility index (Phi) is 8.83. The predicted molar refractivity (Wildman–Crippen MR) is 213 cm³/mol. The number of amides is 2. The van der Waals surface area contributed by atoms with Crippen LogP contribution in [0.1, 0.15) is 68.4 Å². The summed E-state index contributed by atoms with van der Waals surface area (Å²) in [5, 5.41) is 40.8. The number of anilines is 3. The molecule has 16 heteroatoms. The first-order chi connectivity index (χ1) is 27.8. The van der Waals surface area contributed by atoms with Gasteiger partial charge < -0.3 is 15.1 Å². The van der Waals surface area contributed by atoms with Crippen LogP contribution in [0, 0.1) is 28.6 Å². The van der Waals surface area contributed by atoms with Gasteiger partial charge in [0.2, 0.25) is 16.9 Å². The van der Waals surface area contributed by atoms with E-state index in [1.807, 2.05) is 36.5 Å².